The van der Waals surface area contributed by atoms with Crippen LogP contribution in [0, 0.1) is 47.3 Å². The molecule has 0 heterocycles. The summed E-state index contributed by atoms with van der Waals surface area (Å²) < 4.78 is 14.2. The van der Waals surface area contributed by atoms with Crippen LogP contribution in [-0.2, 0) is 38.2 Å². The van der Waals surface area contributed by atoms with Crippen molar-refractivity contribution in [3.8, 4) is 0 Å². The van der Waals surface area contributed by atoms with Gasteiger partial charge in [-0.25, -0.2) is 0 Å². The lowest BCUT2D eigenvalue weighted by Crippen LogP contribution is -2.29. The molecule has 296 valence electrons. The van der Waals surface area contributed by atoms with E-state index in [0.717, 1.165) is 43.9 Å². The first-order valence-corrected chi connectivity index (χ1v) is 20.8. The largest absolute Gasteiger partial charge is 0.481 e. The molecule has 0 aliphatic heterocycles. The van der Waals surface area contributed by atoms with Gasteiger partial charge in [-0.3, -0.25) is 24.0 Å². The average Bonchev–Trinajstić information content (AvgIpc) is 3.18. The van der Waals surface area contributed by atoms with Crippen LogP contribution in [0.2, 0.25) is 0 Å². The molecule has 0 aromatic rings. The van der Waals surface area contributed by atoms with Gasteiger partial charge in [0.25, 0.3) is 0 Å². The monoisotopic (exact) mass is 788 g/mol. The van der Waals surface area contributed by atoms with Crippen molar-refractivity contribution >= 4 is 45.8 Å². The molecule has 10 nitrogen and oxygen atoms in total. The van der Waals surface area contributed by atoms with E-state index in [2.05, 4.69) is 20.7 Å². The van der Waals surface area contributed by atoms with Gasteiger partial charge in [-0.1, -0.05) is 107 Å². The highest BCUT2D eigenvalue weighted by molar-refractivity contribution is 9.09. The van der Waals surface area contributed by atoms with Gasteiger partial charge in [-0.15, -0.1) is 0 Å². The van der Waals surface area contributed by atoms with Gasteiger partial charge in [-0.2, -0.15) is 0 Å². The maximum atomic E-state index is 11.5. The van der Waals surface area contributed by atoms with Gasteiger partial charge in [-0.05, 0) is 75.0 Å². The van der Waals surface area contributed by atoms with Crippen molar-refractivity contribution in [3.63, 3.8) is 0 Å². The first-order valence-electron chi connectivity index (χ1n) is 19.7. The van der Waals surface area contributed by atoms with E-state index < -0.39 is 17.9 Å². The highest BCUT2D eigenvalue weighted by Gasteiger charge is 2.32. The molecule has 2 N–H and O–H groups in total. The highest BCUT2D eigenvalue weighted by Crippen LogP contribution is 2.34. The maximum Gasteiger partial charge on any atom is 0.309 e. The molecule has 4 atom stereocenters. The van der Waals surface area contributed by atoms with E-state index in [1.54, 1.807) is 0 Å². The molecule has 0 saturated heterocycles. The predicted molar refractivity (Wildman–Crippen MR) is 201 cm³/mol. The lowest BCUT2D eigenvalue weighted by atomic mass is 9.78. The van der Waals surface area contributed by atoms with E-state index >= 15 is 0 Å². The summed E-state index contributed by atoms with van der Waals surface area (Å²) in [6.07, 6.45) is 23.7. The molecular weight excluding hydrogens is 720 g/mol. The summed E-state index contributed by atoms with van der Waals surface area (Å²) in [5.74, 6) is -0.651. The number of ether oxygens (including phenoxy) is 3. The van der Waals surface area contributed by atoms with Crippen LogP contribution in [0.3, 0.4) is 0 Å². The summed E-state index contributed by atoms with van der Waals surface area (Å²) in [4.78, 5) is 55.3. The fraction of sp³-hybridized carbons (Fsp3) is 0.875. The number of carboxylic acids is 2. The third-order valence-corrected chi connectivity index (χ3v) is 12.4. The van der Waals surface area contributed by atoms with E-state index in [1.165, 1.54) is 111 Å². The molecule has 0 unspecified atom stereocenters. The Kier molecular flexibility index (Phi) is 25.2. The number of hydrogen-bond donors (Lipinski definition) is 2. The van der Waals surface area contributed by atoms with Crippen molar-refractivity contribution in [2.75, 3.05) is 26.7 Å². The number of carbonyl (C=O) groups is 5. The number of aliphatic carboxylic acids is 2. The van der Waals surface area contributed by atoms with Crippen molar-refractivity contribution in [3.05, 3.63) is 0 Å². The molecule has 11 heteroatoms. The highest BCUT2D eigenvalue weighted by atomic mass is 79.9. The number of esters is 3. The normalized spacial score (nSPS) is 21.2. The van der Waals surface area contributed by atoms with Gasteiger partial charge in [0.15, 0.2) is 0 Å². The first-order chi connectivity index (χ1) is 24.4. The number of alkyl halides is 1. The van der Waals surface area contributed by atoms with Gasteiger partial charge in [0, 0.05) is 5.33 Å². The Labute approximate surface area is 316 Å². The number of rotatable bonds is 11. The van der Waals surface area contributed by atoms with Crippen molar-refractivity contribution < 1.29 is 48.4 Å². The number of carbonyl (C=O) groups excluding carboxylic acids is 3. The molecule has 0 aromatic carbocycles. The Balaban J connectivity index is 0.000000342. The van der Waals surface area contributed by atoms with Crippen molar-refractivity contribution in [2.24, 2.45) is 47.3 Å². The lowest BCUT2D eigenvalue weighted by Gasteiger charge is -2.27. The minimum atomic E-state index is -0.920. The van der Waals surface area contributed by atoms with Crippen molar-refractivity contribution in [1.82, 2.24) is 0 Å². The molecule has 0 amide bonds. The van der Waals surface area contributed by atoms with Crippen LogP contribution < -0.4 is 0 Å². The fourth-order valence-electron chi connectivity index (χ4n) is 8.24. The molecule has 0 spiro atoms. The summed E-state index contributed by atoms with van der Waals surface area (Å²) in [6, 6.07) is 0. The summed E-state index contributed by atoms with van der Waals surface area (Å²) in [7, 11) is 4.27. The molecule has 0 radical (unpaired) electrons. The van der Waals surface area contributed by atoms with Gasteiger partial charge in [0.2, 0.25) is 0 Å². The zero-order valence-electron chi connectivity index (χ0n) is 32.2. The predicted octanol–water partition coefficient (Wildman–Crippen LogP) is 9.24. The molecule has 51 heavy (non-hydrogen) atoms. The zero-order chi connectivity index (χ0) is 38.2. The van der Waals surface area contributed by atoms with E-state index in [0.29, 0.717) is 17.8 Å². The van der Waals surface area contributed by atoms with Gasteiger partial charge in [0.05, 0.1) is 51.4 Å². The average molecular weight is 790 g/mol. The Bertz CT molecular complexity index is 995. The minimum absolute atomic E-state index is 0.0399. The Hall–Kier alpha value is -2.17. The Morgan fingerprint density at radius 2 is 0.824 bits per heavy atom. The summed E-state index contributed by atoms with van der Waals surface area (Å²) in [6.45, 7) is 3.82. The molecule has 4 saturated carbocycles. The number of carboxylic acid groups (broad SMARTS) is 2. The topological polar surface area (TPSA) is 154 Å². The number of halogens is 1. The molecule has 0 bridgehead atoms. The molecular formula is C40H69BrO10. The second kappa shape index (κ2) is 27.4. The smallest absolute Gasteiger partial charge is 0.309 e. The van der Waals surface area contributed by atoms with Crippen LogP contribution in [0.25, 0.3) is 0 Å². The number of hydrogen-bond acceptors (Lipinski definition) is 8. The van der Waals surface area contributed by atoms with E-state index in [-0.39, 0.29) is 48.0 Å². The van der Waals surface area contributed by atoms with E-state index in [1.807, 2.05) is 13.8 Å². The van der Waals surface area contributed by atoms with Crippen molar-refractivity contribution in [1.29, 1.82) is 0 Å². The Morgan fingerprint density at radius 1 is 0.510 bits per heavy atom. The zero-order valence-corrected chi connectivity index (χ0v) is 33.8. The van der Waals surface area contributed by atoms with Crippen LogP contribution in [0.15, 0.2) is 0 Å². The van der Waals surface area contributed by atoms with Crippen LogP contribution in [0.1, 0.15) is 149 Å². The lowest BCUT2D eigenvalue weighted by molar-refractivity contribution is -0.153. The van der Waals surface area contributed by atoms with Crippen LogP contribution >= 0.6 is 15.9 Å². The summed E-state index contributed by atoms with van der Waals surface area (Å²) in [5.41, 5.74) is 0. The van der Waals surface area contributed by atoms with E-state index in [9.17, 15) is 24.0 Å². The molecule has 4 fully saturated rings. The first kappa shape index (κ1) is 46.9. The van der Waals surface area contributed by atoms with Crippen LogP contribution in [-0.4, -0.2) is 66.7 Å². The molecule has 4 rings (SSSR count). The van der Waals surface area contributed by atoms with Crippen molar-refractivity contribution in [2.45, 2.75) is 149 Å². The third-order valence-electron chi connectivity index (χ3n) is 11.7. The second-order valence-corrected chi connectivity index (χ2v) is 15.7. The van der Waals surface area contributed by atoms with E-state index in [4.69, 9.17) is 19.7 Å². The van der Waals surface area contributed by atoms with Gasteiger partial charge in [0.1, 0.15) is 0 Å². The summed E-state index contributed by atoms with van der Waals surface area (Å²) >= 11 is 3.39. The fourth-order valence-corrected chi connectivity index (χ4v) is 9.03. The van der Waals surface area contributed by atoms with Crippen LogP contribution in [0.4, 0.5) is 0 Å². The SMILES string of the molecule is COC(=O)[C@@H](C)C1CCCCC1.COC(=O)[C@@H](CBr)C1CCCCC1.COC(=O)[C@@H](CC(=O)O)C1CCCCC1.C[C@H](C(=O)O)C1CCCCC1. The third kappa shape index (κ3) is 18.4. The molecule has 4 aliphatic carbocycles. The quantitative estimate of drug-likeness (QED) is 0.118. The Morgan fingerprint density at radius 3 is 1.14 bits per heavy atom. The summed E-state index contributed by atoms with van der Waals surface area (Å²) in [5, 5.41) is 18.2. The molecule has 4 aliphatic rings. The molecule has 0 aromatic heterocycles. The van der Waals surface area contributed by atoms with Gasteiger partial charge >= 0.3 is 29.8 Å². The van der Waals surface area contributed by atoms with Gasteiger partial charge < -0.3 is 24.4 Å². The second-order valence-electron chi connectivity index (χ2n) is 15.0. The van der Waals surface area contributed by atoms with Crippen LogP contribution in [0.5, 0.6) is 0 Å². The maximum absolute atomic E-state index is 11.5. The minimum Gasteiger partial charge on any atom is -0.481 e. The number of methoxy groups -OCH3 is 3. The standard InChI is InChI=1S/C11H18O4.C10H17BrO2.C10H18O2.C9H16O2/c1-15-11(14)9(7-10(12)13)8-5-3-2-4-6-8;1-13-10(12)9(7-11)8-5-3-2-4-6-8;1-8(10(11)12-2)9-6-4-3-5-7-9;1-7(9(10)11)8-5-3-2-4-6-8/h8-9H,2-7H2,1H3,(H,12,13);8-9H,2-7H2,1H3;8-9H,3-7H2,1-2H3;7-8H,2-6H2,1H3,(H,10,11)/t2*9-;8-;7-/m0000/s1.